The van der Waals surface area contributed by atoms with Crippen LogP contribution in [0.3, 0.4) is 0 Å². The molecule has 10 atom stereocenters. The summed E-state index contributed by atoms with van der Waals surface area (Å²) >= 11 is 0. The summed E-state index contributed by atoms with van der Waals surface area (Å²) in [7, 11) is 0. The molecule has 3 aliphatic heterocycles. The quantitative estimate of drug-likeness (QED) is 0.511. The van der Waals surface area contributed by atoms with Gasteiger partial charge in [0.15, 0.2) is 0 Å². The molecule has 150 valence electrons. The maximum Gasteiger partial charge on any atom is 0.334 e. The molecule has 3 heterocycles. The summed E-state index contributed by atoms with van der Waals surface area (Å²) in [6.07, 6.45) is 3.75. The number of hydrogen-bond acceptors (Lipinski definition) is 4. The van der Waals surface area contributed by atoms with Crippen LogP contribution in [0, 0.1) is 35.0 Å². The molecule has 2 aliphatic carbocycles. The van der Waals surface area contributed by atoms with Gasteiger partial charge < -0.3 is 14.2 Å². The highest BCUT2D eigenvalue weighted by Gasteiger charge is 2.76. The maximum absolute atomic E-state index is 12.3. The number of ether oxygens (including phenoxy) is 3. The van der Waals surface area contributed by atoms with Gasteiger partial charge >= 0.3 is 5.97 Å². The molecular formula is C23H34O4. The van der Waals surface area contributed by atoms with Gasteiger partial charge in [-0.25, -0.2) is 4.79 Å². The van der Waals surface area contributed by atoms with Crippen LogP contribution in [0.2, 0.25) is 0 Å². The molecule has 0 aromatic rings. The third-order valence-corrected chi connectivity index (χ3v) is 9.23. The van der Waals surface area contributed by atoms with E-state index in [0.29, 0.717) is 30.3 Å². The topological polar surface area (TPSA) is 48.1 Å². The van der Waals surface area contributed by atoms with Crippen molar-refractivity contribution in [1.82, 2.24) is 0 Å². The molecule has 0 aromatic carbocycles. The minimum Gasteiger partial charge on any atom is -0.458 e. The summed E-state index contributed by atoms with van der Waals surface area (Å²) in [6, 6.07) is 0. The molecule has 0 radical (unpaired) electrons. The average Bonchev–Trinajstić information content (AvgIpc) is 3.23. The standard InChI is InChI=1S/C23H34O4/c1-7-15-12(3)13(4)23-18(27-23)8-17-16-10-25-20(24)19(16)11(2)9-22(17,6)21(23)26-14(15)5/h11-15,17-18,21H,7-10H2,1-6H3/t11?,12-,13?,14-,15+,17-,18-,21+,22-,23-/m0/s1. The minimum absolute atomic E-state index is 0.00407. The Kier molecular flexibility index (Phi) is 3.77. The van der Waals surface area contributed by atoms with Gasteiger partial charge in [-0.1, -0.05) is 41.0 Å². The van der Waals surface area contributed by atoms with Gasteiger partial charge in [0.25, 0.3) is 0 Å². The van der Waals surface area contributed by atoms with Crippen LogP contribution in [0.25, 0.3) is 0 Å². The summed E-state index contributed by atoms with van der Waals surface area (Å²) in [6.45, 7) is 14.4. The lowest BCUT2D eigenvalue weighted by atomic mass is 9.51. The van der Waals surface area contributed by atoms with Crippen molar-refractivity contribution in [1.29, 1.82) is 0 Å². The lowest BCUT2D eigenvalue weighted by molar-refractivity contribution is -0.145. The van der Waals surface area contributed by atoms with E-state index in [1.807, 2.05) is 0 Å². The first-order chi connectivity index (χ1) is 12.8. The molecule has 2 saturated heterocycles. The van der Waals surface area contributed by atoms with E-state index in [9.17, 15) is 4.79 Å². The summed E-state index contributed by atoms with van der Waals surface area (Å²) in [5, 5.41) is 0. The number of hydrogen-bond donors (Lipinski definition) is 0. The fourth-order valence-electron chi connectivity index (χ4n) is 7.77. The molecule has 0 aromatic heterocycles. The number of esters is 1. The van der Waals surface area contributed by atoms with Crippen molar-refractivity contribution in [3.63, 3.8) is 0 Å². The molecule has 2 unspecified atom stereocenters. The average molecular weight is 375 g/mol. The zero-order valence-electron chi connectivity index (χ0n) is 17.6. The Balaban J connectivity index is 1.60. The third-order valence-electron chi connectivity index (χ3n) is 9.23. The lowest BCUT2D eigenvalue weighted by Crippen LogP contribution is -2.59. The summed E-state index contributed by atoms with van der Waals surface area (Å²) in [4.78, 5) is 12.3. The van der Waals surface area contributed by atoms with Gasteiger partial charge in [0.05, 0.1) is 18.3 Å². The first-order valence-electron chi connectivity index (χ1n) is 11.0. The Bertz CT molecular complexity index is 713. The third kappa shape index (κ3) is 2.09. The van der Waals surface area contributed by atoms with Gasteiger partial charge in [0.2, 0.25) is 0 Å². The molecular weight excluding hydrogens is 340 g/mol. The normalized spacial score (nSPS) is 56.4. The van der Waals surface area contributed by atoms with Crippen molar-refractivity contribution < 1.29 is 19.0 Å². The lowest BCUT2D eigenvalue weighted by Gasteiger charge is -2.53. The number of cyclic esters (lactones) is 1. The van der Waals surface area contributed by atoms with Crippen LogP contribution in [0.15, 0.2) is 11.1 Å². The molecule has 1 spiro atoms. The Hall–Kier alpha value is -0.870. The van der Waals surface area contributed by atoms with E-state index >= 15 is 0 Å². The number of rotatable bonds is 1. The van der Waals surface area contributed by atoms with Gasteiger partial charge in [-0.05, 0) is 54.9 Å². The van der Waals surface area contributed by atoms with Gasteiger partial charge in [0, 0.05) is 11.0 Å². The number of carbonyl (C=O) groups is 1. The van der Waals surface area contributed by atoms with Gasteiger partial charge in [0.1, 0.15) is 12.2 Å². The molecule has 1 saturated carbocycles. The van der Waals surface area contributed by atoms with Crippen LogP contribution in [0.4, 0.5) is 0 Å². The molecule has 3 fully saturated rings. The van der Waals surface area contributed by atoms with E-state index in [1.54, 1.807) is 0 Å². The fourth-order valence-corrected chi connectivity index (χ4v) is 7.77. The number of carbonyl (C=O) groups excluding carboxylic acids is 1. The SMILES string of the molecule is CC[C@H]1[C@H](C)O[C@@H]2[C@@]3(C)CC(C)C4=C(COC4=O)[C@@H]3C[C@@H]3O[C@@]32C(C)[C@@H]1C. The van der Waals surface area contributed by atoms with Crippen LogP contribution in [0.1, 0.15) is 60.8 Å². The molecule has 0 bridgehead atoms. The number of epoxide rings is 1. The van der Waals surface area contributed by atoms with Gasteiger partial charge in [-0.15, -0.1) is 0 Å². The molecule has 4 nitrogen and oxygen atoms in total. The highest BCUT2D eigenvalue weighted by molar-refractivity contribution is 5.92. The second-order valence-corrected chi connectivity index (χ2v) is 10.3. The molecule has 27 heavy (non-hydrogen) atoms. The predicted molar refractivity (Wildman–Crippen MR) is 102 cm³/mol. The van der Waals surface area contributed by atoms with E-state index < -0.39 is 0 Å². The van der Waals surface area contributed by atoms with E-state index in [0.717, 1.165) is 24.8 Å². The molecule has 5 rings (SSSR count). The predicted octanol–water partition coefficient (Wildman–Crippen LogP) is 4.13. The van der Waals surface area contributed by atoms with Crippen LogP contribution >= 0.6 is 0 Å². The van der Waals surface area contributed by atoms with Crippen LogP contribution in [-0.2, 0) is 19.0 Å². The first kappa shape index (κ1) is 18.2. The molecule has 0 N–H and O–H groups in total. The smallest absolute Gasteiger partial charge is 0.334 e. The Labute approximate surface area is 163 Å². The Morgan fingerprint density at radius 2 is 1.93 bits per heavy atom. The highest BCUT2D eigenvalue weighted by atomic mass is 16.6. The molecule has 4 heteroatoms. The van der Waals surface area contributed by atoms with Crippen LogP contribution < -0.4 is 0 Å². The van der Waals surface area contributed by atoms with E-state index in [2.05, 4.69) is 41.5 Å². The highest BCUT2D eigenvalue weighted by Crippen LogP contribution is 2.68. The zero-order valence-corrected chi connectivity index (χ0v) is 17.6. The summed E-state index contributed by atoms with van der Waals surface area (Å²) in [5.74, 6) is 2.14. The van der Waals surface area contributed by atoms with Crippen molar-refractivity contribution in [2.75, 3.05) is 6.61 Å². The zero-order chi connectivity index (χ0) is 19.3. The number of fused-ring (bicyclic) bond motifs is 3. The van der Waals surface area contributed by atoms with Crippen molar-refractivity contribution in [3.05, 3.63) is 11.1 Å². The first-order valence-corrected chi connectivity index (χ1v) is 11.0. The summed E-state index contributed by atoms with van der Waals surface area (Å²) in [5.41, 5.74) is 2.08. The summed E-state index contributed by atoms with van der Waals surface area (Å²) < 4.78 is 19.0. The van der Waals surface area contributed by atoms with Crippen LogP contribution in [-0.4, -0.2) is 36.5 Å². The van der Waals surface area contributed by atoms with Crippen molar-refractivity contribution in [3.8, 4) is 0 Å². The van der Waals surface area contributed by atoms with Crippen molar-refractivity contribution >= 4 is 5.97 Å². The molecule has 0 amide bonds. The van der Waals surface area contributed by atoms with Gasteiger partial charge in [-0.3, -0.25) is 0 Å². The largest absolute Gasteiger partial charge is 0.458 e. The van der Waals surface area contributed by atoms with Crippen molar-refractivity contribution in [2.24, 2.45) is 35.0 Å². The fraction of sp³-hybridized carbons (Fsp3) is 0.870. The maximum atomic E-state index is 12.3. The van der Waals surface area contributed by atoms with Crippen molar-refractivity contribution in [2.45, 2.75) is 84.7 Å². The second-order valence-electron chi connectivity index (χ2n) is 10.3. The monoisotopic (exact) mass is 374 g/mol. The minimum atomic E-state index is -0.135. The Morgan fingerprint density at radius 3 is 2.63 bits per heavy atom. The van der Waals surface area contributed by atoms with Crippen LogP contribution in [0.5, 0.6) is 0 Å². The second kappa shape index (κ2) is 5.60. The van der Waals surface area contributed by atoms with E-state index in [4.69, 9.17) is 14.2 Å². The Morgan fingerprint density at radius 1 is 1.19 bits per heavy atom. The molecule has 5 aliphatic rings. The van der Waals surface area contributed by atoms with Gasteiger partial charge in [-0.2, -0.15) is 0 Å². The van der Waals surface area contributed by atoms with E-state index in [-0.39, 0.29) is 41.2 Å². The van der Waals surface area contributed by atoms with E-state index in [1.165, 1.54) is 5.57 Å².